The number of ether oxygens (including phenoxy) is 1. The molecule has 152 valence electrons. The van der Waals surface area contributed by atoms with Gasteiger partial charge in [-0.2, -0.15) is 4.72 Å². The minimum Gasteiger partial charge on any atom is -0.497 e. The van der Waals surface area contributed by atoms with Crippen molar-refractivity contribution in [2.24, 2.45) is 5.92 Å². The molecule has 0 saturated carbocycles. The van der Waals surface area contributed by atoms with Crippen LogP contribution in [0.25, 0.3) is 0 Å². The van der Waals surface area contributed by atoms with Gasteiger partial charge >= 0.3 is 0 Å². The van der Waals surface area contributed by atoms with E-state index in [0.717, 1.165) is 11.1 Å². The first-order valence-corrected chi connectivity index (χ1v) is 10.7. The van der Waals surface area contributed by atoms with Gasteiger partial charge in [0.1, 0.15) is 11.8 Å². The number of sulfonamides is 1. The highest BCUT2D eigenvalue weighted by molar-refractivity contribution is 7.89. The van der Waals surface area contributed by atoms with E-state index in [4.69, 9.17) is 4.74 Å². The van der Waals surface area contributed by atoms with Gasteiger partial charge in [-0.05, 0) is 67.6 Å². The smallest absolute Gasteiger partial charge is 0.242 e. The lowest BCUT2D eigenvalue weighted by Crippen LogP contribution is -2.44. The molecule has 6 nitrogen and oxygen atoms in total. The number of carbonyl (C=O) groups is 1. The number of benzene rings is 2. The first-order chi connectivity index (χ1) is 13.1. The summed E-state index contributed by atoms with van der Waals surface area (Å²) in [5.74, 6) is 0.317. The summed E-state index contributed by atoms with van der Waals surface area (Å²) < 4.78 is 33.2. The maximum Gasteiger partial charge on any atom is 0.242 e. The molecule has 0 heterocycles. The Kier molecular flexibility index (Phi) is 7.21. The largest absolute Gasteiger partial charge is 0.497 e. The molecule has 0 aliphatic heterocycles. The van der Waals surface area contributed by atoms with Crippen LogP contribution in [-0.2, 0) is 14.8 Å². The quantitative estimate of drug-likeness (QED) is 0.703. The van der Waals surface area contributed by atoms with Gasteiger partial charge in [0.05, 0.1) is 12.0 Å². The Morgan fingerprint density at radius 1 is 1.07 bits per heavy atom. The van der Waals surface area contributed by atoms with Gasteiger partial charge in [-0.25, -0.2) is 8.42 Å². The molecule has 2 N–H and O–H groups in total. The van der Waals surface area contributed by atoms with E-state index in [1.807, 2.05) is 45.9 Å². The second-order valence-electron chi connectivity index (χ2n) is 7.22. The first-order valence-electron chi connectivity index (χ1n) is 9.17. The molecule has 0 aromatic heterocycles. The van der Waals surface area contributed by atoms with Crippen LogP contribution >= 0.6 is 0 Å². The van der Waals surface area contributed by atoms with Crippen molar-refractivity contribution in [1.82, 2.24) is 4.72 Å². The first kappa shape index (κ1) is 21.9. The standard InChI is InChI=1S/C21H28N2O4S/c1-14(2)13-20(21(24)22-19-8-6-7-15(3)16(19)4)23-28(25,26)18-11-9-17(27-5)10-12-18/h6-12,14,20,23H,13H2,1-5H3,(H,22,24)/t20-/m0/s1. The van der Waals surface area contributed by atoms with Gasteiger partial charge < -0.3 is 10.1 Å². The summed E-state index contributed by atoms with van der Waals surface area (Å²) in [6.07, 6.45) is 0.381. The van der Waals surface area contributed by atoms with Crippen molar-refractivity contribution in [3.05, 3.63) is 53.6 Å². The third-order valence-corrected chi connectivity index (χ3v) is 6.04. The van der Waals surface area contributed by atoms with Gasteiger partial charge in [0.15, 0.2) is 0 Å². The summed E-state index contributed by atoms with van der Waals surface area (Å²) in [7, 11) is -2.34. The van der Waals surface area contributed by atoms with Crippen LogP contribution < -0.4 is 14.8 Å². The minimum absolute atomic E-state index is 0.0848. The summed E-state index contributed by atoms with van der Waals surface area (Å²) in [5, 5.41) is 2.86. The number of nitrogens with one attached hydrogen (secondary N) is 2. The fourth-order valence-electron chi connectivity index (χ4n) is 2.80. The van der Waals surface area contributed by atoms with E-state index < -0.39 is 16.1 Å². The van der Waals surface area contributed by atoms with Crippen LogP contribution in [0.4, 0.5) is 5.69 Å². The normalized spacial score (nSPS) is 12.6. The Hall–Kier alpha value is -2.38. The average molecular weight is 405 g/mol. The van der Waals surface area contributed by atoms with Gasteiger partial charge in [0, 0.05) is 5.69 Å². The molecular formula is C21H28N2O4S. The van der Waals surface area contributed by atoms with Crippen molar-refractivity contribution >= 4 is 21.6 Å². The zero-order chi connectivity index (χ0) is 20.9. The van der Waals surface area contributed by atoms with Crippen molar-refractivity contribution in [3.8, 4) is 5.75 Å². The van der Waals surface area contributed by atoms with Crippen molar-refractivity contribution in [2.45, 2.75) is 45.1 Å². The Bertz CT molecular complexity index is 922. The van der Waals surface area contributed by atoms with Crippen molar-refractivity contribution in [2.75, 3.05) is 12.4 Å². The second-order valence-corrected chi connectivity index (χ2v) is 8.93. The molecule has 7 heteroatoms. The lowest BCUT2D eigenvalue weighted by molar-refractivity contribution is -0.118. The Labute approximate surface area is 167 Å². The molecule has 1 amide bonds. The maximum absolute atomic E-state index is 12.9. The molecule has 0 aliphatic rings. The number of carbonyl (C=O) groups excluding carboxylic acids is 1. The van der Waals surface area contributed by atoms with Crippen LogP contribution in [0.5, 0.6) is 5.75 Å². The number of hydrogen-bond donors (Lipinski definition) is 2. The molecule has 0 saturated heterocycles. The van der Waals surface area contributed by atoms with Crippen molar-refractivity contribution < 1.29 is 17.9 Å². The summed E-state index contributed by atoms with van der Waals surface area (Å²) in [6.45, 7) is 7.77. The van der Waals surface area contributed by atoms with Crippen LogP contribution in [0.2, 0.25) is 0 Å². The minimum atomic E-state index is -3.85. The van der Waals surface area contributed by atoms with Gasteiger partial charge in [-0.1, -0.05) is 26.0 Å². The lowest BCUT2D eigenvalue weighted by Gasteiger charge is -2.21. The van der Waals surface area contributed by atoms with E-state index in [9.17, 15) is 13.2 Å². The topological polar surface area (TPSA) is 84.5 Å². The Balaban J connectivity index is 2.24. The predicted molar refractivity (Wildman–Crippen MR) is 111 cm³/mol. The van der Waals surface area contributed by atoms with Crippen LogP contribution in [0.15, 0.2) is 47.4 Å². The molecule has 28 heavy (non-hydrogen) atoms. The molecule has 0 unspecified atom stereocenters. The van der Waals surface area contributed by atoms with E-state index in [0.29, 0.717) is 17.9 Å². The number of amides is 1. The van der Waals surface area contributed by atoms with E-state index in [1.54, 1.807) is 12.1 Å². The molecule has 0 bridgehead atoms. The highest BCUT2D eigenvalue weighted by atomic mass is 32.2. The summed E-state index contributed by atoms with van der Waals surface area (Å²) in [5.41, 5.74) is 2.69. The molecule has 1 atom stereocenters. The fraction of sp³-hybridized carbons (Fsp3) is 0.381. The summed E-state index contributed by atoms with van der Waals surface area (Å²) >= 11 is 0. The second kappa shape index (κ2) is 9.21. The number of anilines is 1. The third-order valence-electron chi connectivity index (χ3n) is 4.55. The number of methoxy groups -OCH3 is 1. The zero-order valence-electron chi connectivity index (χ0n) is 16.9. The van der Waals surface area contributed by atoms with E-state index in [1.165, 1.54) is 19.2 Å². The fourth-order valence-corrected chi connectivity index (χ4v) is 4.00. The van der Waals surface area contributed by atoms with Crippen LogP contribution in [-0.4, -0.2) is 27.5 Å². The van der Waals surface area contributed by atoms with Crippen LogP contribution in [0, 0.1) is 19.8 Å². The molecular weight excluding hydrogens is 376 g/mol. The van der Waals surface area contributed by atoms with Gasteiger partial charge in [-0.15, -0.1) is 0 Å². The van der Waals surface area contributed by atoms with E-state index in [-0.39, 0.29) is 16.7 Å². The Morgan fingerprint density at radius 3 is 2.29 bits per heavy atom. The van der Waals surface area contributed by atoms with Crippen LogP contribution in [0.3, 0.4) is 0 Å². The van der Waals surface area contributed by atoms with Gasteiger partial charge in [0.2, 0.25) is 15.9 Å². The molecule has 0 aliphatic carbocycles. The Morgan fingerprint density at radius 2 is 1.71 bits per heavy atom. The predicted octanol–water partition coefficient (Wildman–Crippen LogP) is 3.64. The molecule has 2 rings (SSSR count). The SMILES string of the molecule is COc1ccc(S(=O)(=O)N[C@@H](CC(C)C)C(=O)Nc2cccc(C)c2C)cc1. The summed E-state index contributed by atoms with van der Waals surface area (Å²) in [4.78, 5) is 12.9. The third kappa shape index (κ3) is 5.56. The van der Waals surface area contributed by atoms with Crippen LogP contribution in [0.1, 0.15) is 31.4 Å². The van der Waals surface area contributed by atoms with E-state index >= 15 is 0 Å². The van der Waals surface area contributed by atoms with Gasteiger partial charge in [-0.3, -0.25) is 4.79 Å². The molecule has 0 fully saturated rings. The maximum atomic E-state index is 12.9. The average Bonchev–Trinajstić information content (AvgIpc) is 2.64. The van der Waals surface area contributed by atoms with Gasteiger partial charge in [0.25, 0.3) is 0 Å². The molecule has 0 spiro atoms. The zero-order valence-corrected chi connectivity index (χ0v) is 17.8. The van der Waals surface area contributed by atoms with E-state index in [2.05, 4.69) is 10.0 Å². The van der Waals surface area contributed by atoms with Crippen molar-refractivity contribution in [3.63, 3.8) is 0 Å². The lowest BCUT2D eigenvalue weighted by atomic mass is 10.0. The molecule has 0 radical (unpaired) electrons. The summed E-state index contributed by atoms with van der Waals surface area (Å²) in [6, 6.07) is 10.8. The number of rotatable bonds is 8. The highest BCUT2D eigenvalue weighted by Crippen LogP contribution is 2.20. The number of hydrogen-bond acceptors (Lipinski definition) is 4. The monoisotopic (exact) mass is 404 g/mol. The molecule has 2 aromatic rings. The number of aryl methyl sites for hydroxylation is 1. The van der Waals surface area contributed by atoms with Crippen molar-refractivity contribution in [1.29, 1.82) is 0 Å². The highest BCUT2D eigenvalue weighted by Gasteiger charge is 2.27. The molecule has 2 aromatic carbocycles.